The zero-order chi connectivity index (χ0) is 13.8. The van der Waals surface area contributed by atoms with Crippen LogP contribution in [-0.4, -0.2) is 48.8 Å². The molecule has 1 rings (SSSR count). The molecule has 1 saturated heterocycles. The zero-order valence-electron chi connectivity index (χ0n) is 13.1. The van der Waals surface area contributed by atoms with Crippen LogP contribution in [0.3, 0.4) is 0 Å². The summed E-state index contributed by atoms with van der Waals surface area (Å²) >= 11 is 0. The fourth-order valence-corrected chi connectivity index (χ4v) is 2.77. The summed E-state index contributed by atoms with van der Waals surface area (Å²) in [6.07, 6.45) is 1.18. The lowest BCUT2D eigenvalue weighted by Gasteiger charge is -2.49. The van der Waals surface area contributed by atoms with Gasteiger partial charge in [-0.1, -0.05) is 20.8 Å². The Balaban J connectivity index is 2.71. The quantitative estimate of drug-likeness (QED) is 0.790. The predicted octanol–water partition coefficient (Wildman–Crippen LogP) is 2.51. The van der Waals surface area contributed by atoms with Crippen molar-refractivity contribution in [1.82, 2.24) is 10.2 Å². The first-order chi connectivity index (χ1) is 8.43. The molecule has 0 amide bonds. The van der Waals surface area contributed by atoms with E-state index in [1.807, 2.05) is 0 Å². The van der Waals surface area contributed by atoms with E-state index < -0.39 is 0 Å². The average Bonchev–Trinajstić information content (AvgIpc) is 2.35. The topological polar surface area (TPSA) is 24.5 Å². The molecule has 1 aliphatic heterocycles. The lowest BCUT2D eigenvalue weighted by molar-refractivity contribution is -0.00564. The lowest BCUT2D eigenvalue weighted by Crippen LogP contribution is -2.66. The maximum absolute atomic E-state index is 5.62. The number of ether oxygens (including phenoxy) is 1. The zero-order valence-corrected chi connectivity index (χ0v) is 13.1. The summed E-state index contributed by atoms with van der Waals surface area (Å²) in [4.78, 5) is 2.65. The maximum Gasteiger partial charge on any atom is 0.0619 e. The van der Waals surface area contributed by atoms with Crippen LogP contribution in [0, 0.1) is 5.92 Å². The summed E-state index contributed by atoms with van der Waals surface area (Å²) in [6, 6.07) is 1.13. The molecule has 3 heteroatoms. The molecule has 3 unspecified atom stereocenters. The first kappa shape index (κ1) is 15.9. The van der Waals surface area contributed by atoms with Crippen molar-refractivity contribution in [1.29, 1.82) is 0 Å². The van der Waals surface area contributed by atoms with Crippen LogP contribution in [0.5, 0.6) is 0 Å². The molecule has 1 heterocycles. The van der Waals surface area contributed by atoms with Gasteiger partial charge in [0.05, 0.1) is 6.61 Å². The van der Waals surface area contributed by atoms with E-state index in [0.717, 1.165) is 26.3 Å². The van der Waals surface area contributed by atoms with E-state index in [9.17, 15) is 0 Å². The van der Waals surface area contributed by atoms with Crippen molar-refractivity contribution in [3.63, 3.8) is 0 Å². The molecule has 0 aromatic heterocycles. The average molecular weight is 256 g/mol. The highest BCUT2D eigenvalue weighted by Crippen LogP contribution is 2.24. The van der Waals surface area contributed by atoms with Gasteiger partial charge in [0.2, 0.25) is 0 Å². The van der Waals surface area contributed by atoms with E-state index >= 15 is 0 Å². The molecule has 1 N–H and O–H groups in total. The highest BCUT2D eigenvalue weighted by Gasteiger charge is 2.37. The monoisotopic (exact) mass is 256 g/mol. The summed E-state index contributed by atoms with van der Waals surface area (Å²) in [5.41, 5.74) is 0.256. The summed E-state index contributed by atoms with van der Waals surface area (Å²) in [5, 5.41) is 3.74. The Kier molecular flexibility index (Phi) is 6.09. The van der Waals surface area contributed by atoms with Gasteiger partial charge < -0.3 is 10.1 Å². The van der Waals surface area contributed by atoms with E-state index in [4.69, 9.17) is 4.74 Å². The molecule has 0 radical (unpaired) electrons. The van der Waals surface area contributed by atoms with Crippen molar-refractivity contribution >= 4 is 0 Å². The van der Waals surface area contributed by atoms with Gasteiger partial charge in [0, 0.05) is 37.3 Å². The van der Waals surface area contributed by atoms with Gasteiger partial charge in [-0.15, -0.1) is 0 Å². The van der Waals surface area contributed by atoms with Crippen LogP contribution in [-0.2, 0) is 4.74 Å². The molecule has 1 fully saturated rings. The van der Waals surface area contributed by atoms with E-state index in [2.05, 4.69) is 51.8 Å². The van der Waals surface area contributed by atoms with Crippen LogP contribution in [0.1, 0.15) is 48.0 Å². The first-order valence-corrected chi connectivity index (χ1v) is 7.52. The van der Waals surface area contributed by atoms with Crippen molar-refractivity contribution in [2.45, 2.75) is 65.6 Å². The number of hydrogen-bond donors (Lipinski definition) is 1. The molecule has 3 atom stereocenters. The molecule has 0 aromatic carbocycles. The molecule has 18 heavy (non-hydrogen) atoms. The van der Waals surface area contributed by atoms with Crippen molar-refractivity contribution in [2.24, 2.45) is 5.92 Å². The summed E-state index contributed by atoms with van der Waals surface area (Å²) < 4.78 is 5.62. The minimum atomic E-state index is 0.256. The summed E-state index contributed by atoms with van der Waals surface area (Å²) in [6.45, 7) is 17.5. The second kappa shape index (κ2) is 6.88. The fourth-order valence-electron chi connectivity index (χ4n) is 2.77. The Morgan fingerprint density at radius 2 is 2.00 bits per heavy atom. The van der Waals surface area contributed by atoms with Gasteiger partial charge in [0.15, 0.2) is 0 Å². The Labute approximate surface area is 113 Å². The minimum absolute atomic E-state index is 0.256. The van der Waals surface area contributed by atoms with E-state index in [0.29, 0.717) is 18.0 Å². The van der Waals surface area contributed by atoms with E-state index in [-0.39, 0.29) is 5.54 Å². The Hall–Kier alpha value is -0.120. The van der Waals surface area contributed by atoms with Gasteiger partial charge in [-0.3, -0.25) is 4.90 Å². The molecule has 0 saturated carbocycles. The maximum atomic E-state index is 5.62. The molecule has 1 aliphatic rings. The van der Waals surface area contributed by atoms with Gasteiger partial charge >= 0.3 is 0 Å². The Bertz CT molecular complexity index is 245. The number of hydrogen-bond acceptors (Lipinski definition) is 3. The second-order valence-electron chi connectivity index (χ2n) is 6.29. The number of nitrogens with one attached hydrogen (secondary N) is 1. The van der Waals surface area contributed by atoms with E-state index in [1.165, 1.54) is 6.42 Å². The molecule has 108 valence electrons. The smallest absolute Gasteiger partial charge is 0.0619 e. The molecule has 3 nitrogen and oxygen atoms in total. The molecular weight excluding hydrogens is 224 g/mol. The lowest BCUT2D eigenvalue weighted by atomic mass is 9.89. The normalized spacial score (nSPS) is 31.8. The number of piperazine rings is 1. The largest absolute Gasteiger partial charge is 0.380 e. The van der Waals surface area contributed by atoms with Crippen LogP contribution < -0.4 is 5.32 Å². The predicted molar refractivity (Wildman–Crippen MR) is 78.0 cm³/mol. The molecule has 0 bridgehead atoms. The van der Waals surface area contributed by atoms with Crippen LogP contribution in [0.15, 0.2) is 0 Å². The fraction of sp³-hybridized carbons (Fsp3) is 1.00. The van der Waals surface area contributed by atoms with E-state index in [1.54, 1.807) is 0 Å². The highest BCUT2D eigenvalue weighted by atomic mass is 16.5. The minimum Gasteiger partial charge on any atom is -0.380 e. The molecular formula is C15H32N2O. The van der Waals surface area contributed by atoms with Gasteiger partial charge in [0.25, 0.3) is 0 Å². The third kappa shape index (κ3) is 3.94. The standard InChI is InChI=1S/C15H32N2O/c1-7-15(6)11-17(13(5)10-18-8-2)14(9-16-15)12(3)4/h12-14,16H,7-11H2,1-6H3. The van der Waals surface area contributed by atoms with Crippen LogP contribution in [0.25, 0.3) is 0 Å². The van der Waals surface area contributed by atoms with Crippen molar-refractivity contribution in [3.05, 3.63) is 0 Å². The van der Waals surface area contributed by atoms with Gasteiger partial charge in [-0.25, -0.2) is 0 Å². The number of nitrogens with zero attached hydrogens (tertiary/aromatic N) is 1. The third-order valence-electron chi connectivity index (χ3n) is 4.37. The second-order valence-corrected chi connectivity index (χ2v) is 6.29. The first-order valence-electron chi connectivity index (χ1n) is 7.52. The van der Waals surface area contributed by atoms with Gasteiger partial charge in [-0.2, -0.15) is 0 Å². The van der Waals surface area contributed by atoms with Gasteiger partial charge in [0.1, 0.15) is 0 Å². The molecule has 0 aliphatic carbocycles. The molecule has 0 aromatic rings. The van der Waals surface area contributed by atoms with Crippen LogP contribution in [0.2, 0.25) is 0 Å². The van der Waals surface area contributed by atoms with Crippen molar-refractivity contribution in [2.75, 3.05) is 26.3 Å². The van der Waals surface area contributed by atoms with Crippen LogP contribution in [0.4, 0.5) is 0 Å². The highest BCUT2D eigenvalue weighted by molar-refractivity contribution is 4.96. The van der Waals surface area contributed by atoms with Crippen LogP contribution >= 0.6 is 0 Å². The summed E-state index contributed by atoms with van der Waals surface area (Å²) in [7, 11) is 0. The SMILES string of the molecule is CCOCC(C)N1CC(C)(CC)NCC1C(C)C. The third-order valence-corrected chi connectivity index (χ3v) is 4.37. The summed E-state index contributed by atoms with van der Waals surface area (Å²) in [5.74, 6) is 0.683. The Morgan fingerprint density at radius 3 is 2.50 bits per heavy atom. The van der Waals surface area contributed by atoms with Gasteiger partial charge in [-0.05, 0) is 33.1 Å². The van der Waals surface area contributed by atoms with Crippen molar-refractivity contribution in [3.8, 4) is 0 Å². The molecule has 0 spiro atoms. The number of rotatable bonds is 6. The Morgan fingerprint density at radius 1 is 1.33 bits per heavy atom. The van der Waals surface area contributed by atoms with Crippen molar-refractivity contribution < 1.29 is 4.74 Å².